The Kier molecular flexibility index (Phi) is 5.23. The Bertz CT molecular complexity index is 716. The number of carbonyl (C=O) groups is 2. The Labute approximate surface area is 141 Å². The fraction of sp³-hybridized carbons (Fsp3) is 0.263. The normalized spacial score (nSPS) is 16.1. The van der Waals surface area contributed by atoms with Crippen LogP contribution in [-0.2, 0) is 29.1 Å². The number of benzene rings is 2. The van der Waals surface area contributed by atoms with Gasteiger partial charge in [-0.25, -0.2) is 0 Å². The minimum absolute atomic E-state index is 0.00844. The van der Waals surface area contributed by atoms with Crippen LogP contribution in [0.4, 0.5) is 0 Å². The van der Waals surface area contributed by atoms with Crippen molar-refractivity contribution >= 4 is 11.8 Å². The predicted molar refractivity (Wildman–Crippen MR) is 92.1 cm³/mol. The van der Waals surface area contributed by atoms with Crippen LogP contribution in [0.2, 0.25) is 0 Å². The van der Waals surface area contributed by atoms with Crippen LogP contribution in [0.3, 0.4) is 0 Å². The fourth-order valence-electron chi connectivity index (χ4n) is 2.79. The van der Waals surface area contributed by atoms with E-state index in [4.69, 9.17) is 0 Å². The first kappa shape index (κ1) is 16.2. The van der Waals surface area contributed by atoms with Gasteiger partial charge in [0.2, 0.25) is 11.8 Å². The van der Waals surface area contributed by atoms with E-state index < -0.39 is 0 Å². The first-order valence-electron chi connectivity index (χ1n) is 8.11. The first-order valence-corrected chi connectivity index (χ1v) is 8.11. The summed E-state index contributed by atoms with van der Waals surface area (Å²) in [7, 11) is 0. The molecule has 1 atom stereocenters. The van der Waals surface area contributed by atoms with Crippen molar-refractivity contribution in [2.24, 2.45) is 0 Å². The summed E-state index contributed by atoms with van der Waals surface area (Å²) in [5.74, 6) is -0.331. The molecule has 0 bridgehead atoms. The molecule has 2 aromatic carbocycles. The quantitative estimate of drug-likeness (QED) is 0.773. The fourth-order valence-corrected chi connectivity index (χ4v) is 2.79. The maximum atomic E-state index is 12.2. The smallest absolute Gasteiger partial charge is 0.239 e. The second kappa shape index (κ2) is 7.75. The molecule has 2 aromatic rings. The van der Waals surface area contributed by atoms with E-state index in [-0.39, 0.29) is 24.4 Å². The predicted octanol–water partition coefficient (Wildman–Crippen LogP) is 1.13. The minimum Gasteiger partial charge on any atom is -0.350 e. The summed E-state index contributed by atoms with van der Waals surface area (Å²) in [6, 6.07) is 17.5. The van der Waals surface area contributed by atoms with E-state index in [0.29, 0.717) is 19.5 Å². The molecule has 0 aromatic heterocycles. The van der Waals surface area contributed by atoms with Gasteiger partial charge in [0, 0.05) is 13.1 Å². The molecule has 1 heterocycles. The Morgan fingerprint density at radius 2 is 1.67 bits per heavy atom. The van der Waals surface area contributed by atoms with Gasteiger partial charge in [0.05, 0.1) is 12.6 Å². The van der Waals surface area contributed by atoms with Gasteiger partial charge in [-0.1, -0.05) is 54.6 Å². The number of hydrogen-bond acceptors (Lipinski definition) is 3. The Balaban J connectivity index is 1.43. The molecule has 0 saturated heterocycles. The lowest BCUT2D eigenvalue weighted by Gasteiger charge is -2.25. The molecule has 0 unspecified atom stereocenters. The van der Waals surface area contributed by atoms with Gasteiger partial charge in [-0.05, 0) is 23.1 Å². The number of amides is 2. The second-order valence-electron chi connectivity index (χ2n) is 5.89. The summed E-state index contributed by atoms with van der Waals surface area (Å²) in [5, 5.41) is 8.72. The topological polar surface area (TPSA) is 70.2 Å². The summed E-state index contributed by atoms with van der Waals surface area (Å²) >= 11 is 0. The van der Waals surface area contributed by atoms with E-state index in [1.54, 1.807) is 0 Å². The average molecular weight is 323 g/mol. The molecule has 3 rings (SSSR count). The molecule has 24 heavy (non-hydrogen) atoms. The van der Waals surface area contributed by atoms with Crippen molar-refractivity contribution in [3.05, 3.63) is 71.3 Å². The summed E-state index contributed by atoms with van der Waals surface area (Å²) in [4.78, 5) is 24.1. The Morgan fingerprint density at radius 1 is 0.958 bits per heavy atom. The SMILES string of the molecule is O=C(CNC(=O)[C@@H]1Cc2ccccc2CN1)NCc1ccccc1. The Hall–Kier alpha value is -2.66. The Morgan fingerprint density at radius 3 is 2.46 bits per heavy atom. The molecule has 5 nitrogen and oxygen atoms in total. The van der Waals surface area contributed by atoms with Crippen molar-refractivity contribution in [2.75, 3.05) is 6.54 Å². The van der Waals surface area contributed by atoms with Gasteiger partial charge in [0.15, 0.2) is 0 Å². The van der Waals surface area contributed by atoms with Gasteiger partial charge in [-0.2, -0.15) is 0 Å². The summed E-state index contributed by atoms with van der Waals surface area (Å²) in [6.45, 7) is 1.13. The lowest BCUT2D eigenvalue weighted by Crippen LogP contribution is -2.49. The zero-order valence-electron chi connectivity index (χ0n) is 13.4. The number of hydrogen-bond donors (Lipinski definition) is 3. The highest BCUT2D eigenvalue weighted by atomic mass is 16.2. The molecule has 0 radical (unpaired) electrons. The summed E-state index contributed by atoms with van der Waals surface area (Å²) in [5.41, 5.74) is 3.44. The molecule has 2 amide bonds. The van der Waals surface area contributed by atoms with Crippen molar-refractivity contribution in [2.45, 2.75) is 25.6 Å². The van der Waals surface area contributed by atoms with E-state index in [1.165, 1.54) is 11.1 Å². The van der Waals surface area contributed by atoms with Gasteiger partial charge < -0.3 is 16.0 Å². The van der Waals surface area contributed by atoms with E-state index in [2.05, 4.69) is 22.0 Å². The highest BCUT2D eigenvalue weighted by molar-refractivity contribution is 5.87. The van der Waals surface area contributed by atoms with Crippen LogP contribution in [0.1, 0.15) is 16.7 Å². The van der Waals surface area contributed by atoms with Crippen LogP contribution in [0.25, 0.3) is 0 Å². The molecule has 3 N–H and O–H groups in total. The summed E-state index contributed by atoms with van der Waals surface area (Å²) in [6.07, 6.45) is 0.646. The third-order valence-corrected chi connectivity index (χ3v) is 4.15. The number of carbonyl (C=O) groups excluding carboxylic acids is 2. The van der Waals surface area contributed by atoms with Crippen molar-refractivity contribution in [3.8, 4) is 0 Å². The average Bonchev–Trinajstić information content (AvgIpc) is 2.65. The lowest BCUT2D eigenvalue weighted by molar-refractivity contribution is -0.127. The van der Waals surface area contributed by atoms with Crippen molar-refractivity contribution in [3.63, 3.8) is 0 Å². The van der Waals surface area contributed by atoms with Crippen molar-refractivity contribution in [1.82, 2.24) is 16.0 Å². The molecule has 1 aliphatic heterocycles. The molecule has 0 spiro atoms. The first-order chi connectivity index (χ1) is 11.7. The lowest BCUT2D eigenvalue weighted by atomic mass is 9.95. The molecule has 124 valence electrons. The molecule has 0 fully saturated rings. The van der Waals surface area contributed by atoms with Crippen molar-refractivity contribution < 1.29 is 9.59 Å². The largest absolute Gasteiger partial charge is 0.350 e. The molecular formula is C19H21N3O2. The van der Waals surface area contributed by atoms with E-state index >= 15 is 0 Å². The molecule has 0 saturated carbocycles. The number of fused-ring (bicyclic) bond motifs is 1. The number of rotatable bonds is 5. The second-order valence-corrected chi connectivity index (χ2v) is 5.89. The standard InChI is InChI=1S/C19H21N3O2/c23-18(21-11-14-6-2-1-3-7-14)13-22-19(24)17-10-15-8-4-5-9-16(15)12-20-17/h1-9,17,20H,10-13H2,(H,21,23)(H,22,24)/t17-/m0/s1. The molecule has 5 heteroatoms. The highest BCUT2D eigenvalue weighted by Gasteiger charge is 2.23. The minimum atomic E-state index is -0.290. The third kappa shape index (κ3) is 4.20. The van der Waals surface area contributed by atoms with Crippen LogP contribution in [0, 0.1) is 0 Å². The van der Waals surface area contributed by atoms with E-state index in [9.17, 15) is 9.59 Å². The van der Waals surface area contributed by atoms with Crippen LogP contribution in [0.5, 0.6) is 0 Å². The maximum Gasteiger partial charge on any atom is 0.239 e. The van der Waals surface area contributed by atoms with Gasteiger partial charge in [0.25, 0.3) is 0 Å². The van der Waals surface area contributed by atoms with Gasteiger partial charge in [0.1, 0.15) is 0 Å². The molecule has 0 aliphatic carbocycles. The van der Waals surface area contributed by atoms with Crippen molar-refractivity contribution in [1.29, 1.82) is 0 Å². The maximum absolute atomic E-state index is 12.2. The molecular weight excluding hydrogens is 302 g/mol. The van der Waals surface area contributed by atoms with E-state index in [0.717, 1.165) is 5.56 Å². The van der Waals surface area contributed by atoms with Crippen LogP contribution in [-0.4, -0.2) is 24.4 Å². The zero-order valence-corrected chi connectivity index (χ0v) is 13.4. The van der Waals surface area contributed by atoms with Crippen LogP contribution < -0.4 is 16.0 Å². The van der Waals surface area contributed by atoms with Gasteiger partial charge in [-0.3, -0.25) is 9.59 Å². The number of nitrogens with one attached hydrogen (secondary N) is 3. The monoisotopic (exact) mass is 323 g/mol. The van der Waals surface area contributed by atoms with E-state index in [1.807, 2.05) is 48.5 Å². The zero-order chi connectivity index (χ0) is 16.8. The van der Waals surface area contributed by atoms with Gasteiger partial charge in [-0.15, -0.1) is 0 Å². The third-order valence-electron chi connectivity index (χ3n) is 4.15. The summed E-state index contributed by atoms with van der Waals surface area (Å²) < 4.78 is 0. The molecule has 1 aliphatic rings. The van der Waals surface area contributed by atoms with Crippen LogP contribution >= 0.6 is 0 Å². The highest BCUT2D eigenvalue weighted by Crippen LogP contribution is 2.16. The van der Waals surface area contributed by atoms with Gasteiger partial charge >= 0.3 is 0 Å². The van der Waals surface area contributed by atoms with Crippen LogP contribution in [0.15, 0.2) is 54.6 Å².